The quantitative estimate of drug-likeness (QED) is 0.709. The molecule has 13 heavy (non-hydrogen) atoms. The summed E-state index contributed by atoms with van der Waals surface area (Å²) in [5, 5.41) is 7.88. The molecule has 1 rings (SSSR count). The van der Waals surface area contributed by atoms with Gasteiger partial charge in [-0.15, -0.1) is 0 Å². The summed E-state index contributed by atoms with van der Waals surface area (Å²) in [6.45, 7) is 3.81. The van der Waals surface area contributed by atoms with Crippen LogP contribution in [0.15, 0.2) is 30.3 Å². The zero-order chi connectivity index (χ0) is 10.1. The van der Waals surface area contributed by atoms with Crippen molar-refractivity contribution in [2.45, 2.75) is 20.3 Å². The fourth-order valence-electron chi connectivity index (χ4n) is 0.673. The van der Waals surface area contributed by atoms with Gasteiger partial charge in [0.1, 0.15) is 0 Å². The van der Waals surface area contributed by atoms with Crippen LogP contribution < -0.4 is 0 Å². The summed E-state index contributed by atoms with van der Waals surface area (Å²) in [6.07, 6.45) is 0.875. The minimum Gasteiger partial charge on any atom is -0.396 e. The van der Waals surface area contributed by atoms with E-state index in [1.807, 2.05) is 37.3 Å². The molecule has 0 bridgehead atoms. The highest BCUT2D eigenvalue weighted by Gasteiger charge is 1.92. The second kappa shape index (κ2) is 7.50. The molecule has 0 spiro atoms. The maximum Gasteiger partial charge on any atom is 0.159 e. The Hall–Kier alpha value is -1.15. The predicted octanol–water partition coefficient (Wildman–Crippen LogP) is 2.28. The fraction of sp³-hybridized carbons (Fsp3) is 0.364. The van der Waals surface area contributed by atoms with Gasteiger partial charge in [-0.25, -0.2) is 0 Å². The van der Waals surface area contributed by atoms with Crippen LogP contribution in [-0.4, -0.2) is 17.5 Å². The third kappa shape index (κ3) is 6.05. The monoisotopic (exact) mass is 180 g/mol. The Kier molecular flexibility index (Phi) is 6.83. The first-order chi connectivity index (χ1) is 6.22. The number of hydrogen-bond donors (Lipinski definition) is 1. The van der Waals surface area contributed by atoms with E-state index >= 15 is 0 Å². The maximum atomic E-state index is 10.6. The van der Waals surface area contributed by atoms with Crippen LogP contribution in [0.25, 0.3) is 0 Å². The highest BCUT2D eigenvalue weighted by Crippen LogP contribution is 1.97. The first-order valence-electron chi connectivity index (χ1n) is 4.39. The van der Waals surface area contributed by atoms with Gasteiger partial charge in [0, 0.05) is 12.2 Å². The number of carbonyl (C=O) groups is 1. The molecule has 72 valence electrons. The van der Waals surface area contributed by atoms with E-state index in [9.17, 15) is 4.79 Å². The van der Waals surface area contributed by atoms with Gasteiger partial charge in [-0.1, -0.05) is 37.3 Å². The van der Waals surface area contributed by atoms with Gasteiger partial charge in [0.25, 0.3) is 0 Å². The number of ketones is 1. The van der Waals surface area contributed by atoms with Crippen molar-refractivity contribution in [1.82, 2.24) is 0 Å². The molecule has 0 unspecified atom stereocenters. The van der Waals surface area contributed by atoms with E-state index in [0.717, 1.165) is 12.0 Å². The number of carbonyl (C=O) groups excluding carboxylic acids is 1. The molecule has 1 N–H and O–H groups in total. The van der Waals surface area contributed by atoms with Crippen molar-refractivity contribution in [2.75, 3.05) is 6.61 Å². The van der Waals surface area contributed by atoms with E-state index in [4.69, 9.17) is 5.11 Å². The van der Waals surface area contributed by atoms with Gasteiger partial charge in [0.15, 0.2) is 5.78 Å². The van der Waals surface area contributed by atoms with E-state index in [0.29, 0.717) is 6.61 Å². The molecular weight excluding hydrogens is 164 g/mol. The lowest BCUT2D eigenvalue weighted by atomic mass is 10.2. The van der Waals surface area contributed by atoms with Crippen LogP contribution in [0, 0.1) is 0 Å². The maximum absolute atomic E-state index is 10.6. The molecule has 2 nitrogen and oxygen atoms in total. The van der Waals surface area contributed by atoms with E-state index < -0.39 is 0 Å². The zero-order valence-corrected chi connectivity index (χ0v) is 8.16. The van der Waals surface area contributed by atoms with E-state index in [1.54, 1.807) is 6.92 Å². The van der Waals surface area contributed by atoms with Crippen LogP contribution in [0.4, 0.5) is 0 Å². The summed E-state index contributed by atoms with van der Waals surface area (Å²) < 4.78 is 0. The van der Waals surface area contributed by atoms with Crippen LogP contribution in [0.1, 0.15) is 30.6 Å². The Morgan fingerprint density at radius 3 is 2.00 bits per heavy atom. The molecule has 0 saturated carbocycles. The SMILES string of the molecule is CC(=O)c1ccccc1.CCCO. The van der Waals surface area contributed by atoms with Gasteiger partial charge in [0.2, 0.25) is 0 Å². The largest absolute Gasteiger partial charge is 0.396 e. The lowest BCUT2D eigenvalue weighted by molar-refractivity contribution is 0.101. The molecule has 0 fully saturated rings. The highest BCUT2D eigenvalue weighted by atomic mass is 16.2. The van der Waals surface area contributed by atoms with Crippen LogP contribution in [0.2, 0.25) is 0 Å². The number of aliphatic hydroxyl groups is 1. The predicted molar refractivity (Wildman–Crippen MR) is 53.8 cm³/mol. The first kappa shape index (κ1) is 11.8. The third-order valence-electron chi connectivity index (χ3n) is 1.40. The highest BCUT2D eigenvalue weighted by molar-refractivity contribution is 5.93. The second-order valence-corrected chi connectivity index (χ2v) is 2.65. The summed E-state index contributed by atoms with van der Waals surface area (Å²) in [6, 6.07) is 9.23. The average Bonchev–Trinajstić information content (AvgIpc) is 2.19. The van der Waals surface area contributed by atoms with Gasteiger partial charge < -0.3 is 5.11 Å². The molecule has 0 radical (unpaired) electrons. The molecule has 0 aliphatic rings. The Bertz CT molecular complexity index is 227. The summed E-state index contributed by atoms with van der Waals surface area (Å²) in [7, 11) is 0. The van der Waals surface area contributed by atoms with Crippen LogP contribution in [0.5, 0.6) is 0 Å². The molecule has 0 amide bonds. The fourth-order valence-corrected chi connectivity index (χ4v) is 0.673. The Morgan fingerprint density at radius 1 is 1.31 bits per heavy atom. The molecule has 1 aromatic rings. The van der Waals surface area contributed by atoms with Crippen molar-refractivity contribution in [2.24, 2.45) is 0 Å². The topological polar surface area (TPSA) is 37.3 Å². The Balaban J connectivity index is 0.000000310. The summed E-state index contributed by atoms with van der Waals surface area (Å²) in [5.41, 5.74) is 0.775. The molecule has 0 aliphatic carbocycles. The van der Waals surface area contributed by atoms with E-state index in [1.165, 1.54) is 0 Å². The van der Waals surface area contributed by atoms with Crippen LogP contribution in [-0.2, 0) is 0 Å². The molecule has 0 heterocycles. The third-order valence-corrected chi connectivity index (χ3v) is 1.40. The standard InChI is InChI=1S/C8H8O.C3H8O/c1-7(9)8-5-3-2-4-6-8;1-2-3-4/h2-6H,1H3;4H,2-3H2,1H3. The number of rotatable bonds is 2. The zero-order valence-electron chi connectivity index (χ0n) is 8.16. The van der Waals surface area contributed by atoms with Gasteiger partial charge in [-0.2, -0.15) is 0 Å². The Labute approximate surface area is 79.2 Å². The molecule has 0 atom stereocenters. The number of aliphatic hydroxyl groups excluding tert-OH is 1. The summed E-state index contributed by atoms with van der Waals surface area (Å²) >= 11 is 0. The van der Waals surface area contributed by atoms with Gasteiger partial charge in [-0.05, 0) is 13.3 Å². The average molecular weight is 180 g/mol. The normalized spacial score (nSPS) is 8.54. The van der Waals surface area contributed by atoms with Crippen molar-refractivity contribution in [3.8, 4) is 0 Å². The minimum absolute atomic E-state index is 0.121. The van der Waals surface area contributed by atoms with Gasteiger partial charge >= 0.3 is 0 Å². The smallest absolute Gasteiger partial charge is 0.159 e. The molecule has 2 heteroatoms. The first-order valence-corrected chi connectivity index (χ1v) is 4.39. The van der Waals surface area contributed by atoms with E-state index in [2.05, 4.69) is 0 Å². The van der Waals surface area contributed by atoms with Crippen LogP contribution >= 0.6 is 0 Å². The molecule has 1 aromatic carbocycles. The molecule has 0 saturated heterocycles. The van der Waals surface area contributed by atoms with Gasteiger partial charge in [0.05, 0.1) is 0 Å². The van der Waals surface area contributed by atoms with Crippen molar-refractivity contribution >= 4 is 5.78 Å². The van der Waals surface area contributed by atoms with Crippen LogP contribution in [0.3, 0.4) is 0 Å². The van der Waals surface area contributed by atoms with E-state index in [-0.39, 0.29) is 5.78 Å². The minimum atomic E-state index is 0.121. The van der Waals surface area contributed by atoms with Crippen molar-refractivity contribution in [3.05, 3.63) is 35.9 Å². The summed E-state index contributed by atoms with van der Waals surface area (Å²) in [4.78, 5) is 10.6. The van der Waals surface area contributed by atoms with Crippen molar-refractivity contribution in [1.29, 1.82) is 0 Å². The number of Topliss-reactive ketones (excluding diaryl/α,β-unsaturated/α-hetero) is 1. The van der Waals surface area contributed by atoms with Gasteiger partial charge in [-0.3, -0.25) is 4.79 Å². The number of benzene rings is 1. The lowest BCUT2D eigenvalue weighted by Gasteiger charge is -1.89. The van der Waals surface area contributed by atoms with Crippen molar-refractivity contribution in [3.63, 3.8) is 0 Å². The second-order valence-electron chi connectivity index (χ2n) is 2.65. The molecular formula is C11H16O2. The summed E-state index contributed by atoms with van der Waals surface area (Å²) in [5.74, 6) is 0.121. The Morgan fingerprint density at radius 2 is 1.77 bits per heavy atom. The molecule has 0 aliphatic heterocycles. The lowest BCUT2D eigenvalue weighted by Crippen LogP contribution is -1.88. The number of hydrogen-bond acceptors (Lipinski definition) is 2. The molecule has 0 aromatic heterocycles. The van der Waals surface area contributed by atoms with Crippen molar-refractivity contribution < 1.29 is 9.90 Å².